The van der Waals surface area contributed by atoms with Crippen LogP contribution in [-0.4, -0.2) is 28.2 Å². The van der Waals surface area contributed by atoms with E-state index in [2.05, 4.69) is 0 Å². The standard InChI is InChI=1S/C22H25NO4/c1-20(18-11-7-4-8-12-18)16-22(21(2,25)27-26-20)13-14-23(19(22)24)15-17-9-5-3-6-10-17/h3-12,25H,13-16H2,1-2H3. The average Bonchev–Trinajstić information content (AvgIpc) is 2.98. The van der Waals surface area contributed by atoms with Crippen LogP contribution in [0.3, 0.4) is 0 Å². The SMILES string of the molecule is CC1(c2ccccc2)CC2(CCN(Cc3ccccc3)C2=O)C(C)(O)OO1. The number of carbonyl (C=O) groups excluding carboxylic acids is 1. The van der Waals surface area contributed by atoms with E-state index in [4.69, 9.17) is 9.78 Å². The molecular formula is C22H25NO4. The number of nitrogens with zero attached hydrogens (tertiary/aromatic N) is 1. The average molecular weight is 367 g/mol. The maximum absolute atomic E-state index is 13.5. The van der Waals surface area contributed by atoms with Gasteiger partial charge in [-0.15, -0.1) is 0 Å². The van der Waals surface area contributed by atoms with Crippen LogP contribution in [0, 0.1) is 5.41 Å². The summed E-state index contributed by atoms with van der Waals surface area (Å²) in [6.07, 6.45) is 0.887. The number of hydrogen-bond acceptors (Lipinski definition) is 4. The summed E-state index contributed by atoms with van der Waals surface area (Å²) in [5.41, 5.74) is 0.155. The van der Waals surface area contributed by atoms with Gasteiger partial charge in [0.05, 0.1) is 0 Å². The highest BCUT2D eigenvalue weighted by Gasteiger charge is 2.65. The third kappa shape index (κ3) is 2.96. The molecule has 2 saturated heterocycles. The van der Waals surface area contributed by atoms with Crippen molar-refractivity contribution in [3.8, 4) is 0 Å². The van der Waals surface area contributed by atoms with Gasteiger partial charge in [0.2, 0.25) is 11.7 Å². The lowest BCUT2D eigenvalue weighted by Gasteiger charge is -2.49. The fourth-order valence-electron chi connectivity index (χ4n) is 4.35. The van der Waals surface area contributed by atoms with Crippen LogP contribution >= 0.6 is 0 Å². The van der Waals surface area contributed by atoms with E-state index in [1.165, 1.54) is 6.92 Å². The normalized spacial score (nSPS) is 33.6. The summed E-state index contributed by atoms with van der Waals surface area (Å²) < 4.78 is 0. The molecule has 142 valence electrons. The predicted molar refractivity (Wildman–Crippen MR) is 100 cm³/mol. The Morgan fingerprint density at radius 2 is 1.63 bits per heavy atom. The number of hydrogen-bond donors (Lipinski definition) is 1. The summed E-state index contributed by atoms with van der Waals surface area (Å²) >= 11 is 0. The highest BCUT2D eigenvalue weighted by atomic mass is 17.2. The van der Waals surface area contributed by atoms with E-state index >= 15 is 0 Å². The third-order valence-corrected chi connectivity index (χ3v) is 6.02. The lowest BCUT2D eigenvalue weighted by Crippen LogP contribution is -2.60. The number of carbonyl (C=O) groups is 1. The smallest absolute Gasteiger partial charge is 0.234 e. The highest BCUT2D eigenvalue weighted by Crippen LogP contribution is 2.55. The van der Waals surface area contributed by atoms with Gasteiger partial charge in [-0.25, -0.2) is 4.89 Å². The Labute approximate surface area is 159 Å². The van der Waals surface area contributed by atoms with Gasteiger partial charge in [-0.2, -0.15) is 4.89 Å². The first-order valence-corrected chi connectivity index (χ1v) is 9.34. The topological polar surface area (TPSA) is 59.0 Å². The molecule has 0 aromatic heterocycles. The summed E-state index contributed by atoms with van der Waals surface area (Å²) in [6, 6.07) is 19.6. The van der Waals surface area contributed by atoms with E-state index in [0.29, 0.717) is 25.9 Å². The van der Waals surface area contributed by atoms with Crippen molar-refractivity contribution in [2.75, 3.05) is 6.54 Å². The Hall–Kier alpha value is -2.21. The van der Waals surface area contributed by atoms with Crippen LogP contribution in [0.4, 0.5) is 0 Å². The van der Waals surface area contributed by atoms with Gasteiger partial charge in [-0.3, -0.25) is 4.79 Å². The molecule has 0 aliphatic carbocycles. The second-order valence-corrected chi connectivity index (χ2v) is 7.97. The van der Waals surface area contributed by atoms with Crippen molar-refractivity contribution in [3.05, 3.63) is 71.8 Å². The third-order valence-electron chi connectivity index (χ3n) is 6.02. The Balaban J connectivity index is 1.64. The van der Waals surface area contributed by atoms with Crippen molar-refractivity contribution in [2.24, 2.45) is 5.41 Å². The minimum atomic E-state index is -1.68. The molecule has 2 aliphatic heterocycles. The molecule has 5 nitrogen and oxygen atoms in total. The van der Waals surface area contributed by atoms with E-state index in [9.17, 15) is 9.90 Å². The molecule has 1 amide bonds. The molecule has 27 heavy (non-hydrogen) atoms. The Kier molecular flexibility index (Phi) is 4.34. The molecule has 1 spiro atoms. The summed E-state index contributed by atoms with van der Waals surface area (Å²) in [7, 11) is 0. The van der Waals surface area contributed by atoms with Crippen LogP contribution in [-0.2, 0) is 26.7 Å². The van der Waals surface area contributed by atoms with Crippen molar-refractivity contribution in [2.45, 2.75) is 44.6 Å². The molecule has 0 bridgehead atoms. The molecule has 3 unspecified atom stereocenters. The minimum Gasteiger partial charge on any atom is -0.363 e. The first kappa shape index (κ1) is 18.2. The quantitative estimate of drug-likeness (QED) is 0.845. The second-order valence-electron chi connectivity index (χ2n) is 7.97. The van der Waals surface area contributed by atoms with Crippen LogP contribution in [0.1, 0.15) is 37.8 Å². The second kappa shape index (κ2) is 6.44. The lowest BCUT2D eigenvalue weighted by molar-refractivity contribution is -0.508. The van der Waals surface area contributed by atoms with E-state index in [1.807, 2.05) is 72.5 Å². The highest BCUT2D eigenvalue weighted by molar-refractivity contribution is 5.86. The van der Waals surface area contributed by atoms with Gasteiger partial charge in [0.25, 0.3) is 0 Å². The maximum atomic E-state index is 13.5. The van der Waals surface area contributed by atoms with Crippen LogP contribution in [0.25, 0.3) is 0 Å². The number of rotatable bonds is 3. The monoisotopic (exact) mass is 367 g/mol. The van der Waals surface area contributed by atoms with Crippen molar-refractivity contribution in [1.82, 2.24) is 4.90 Å². The van der Waals surface area contributed by atoms with Crippen molar-refractivity contribution in [1.29, 1.82) is 0 Å². The zero-order chi connectivity index (χ0) is 19.1. The van der Waals surface area contributed by atoms with Gasteiger partial charge >= 0.3 is 0 Å². The fraction of sp³-hybridized carbons (Fsp3) is 0.409. The Morgan fingerprint density at radius 1 is 1.00 bits per heavy atom. The lowest BCUT2D eigenvalue weighted by atomic mass is 9.68. The number of aliphatic hydroxyl groups is 1. The van der Waals surface area contributed by atoms with Gasteiger partial charge in [0.1, 0.15) is 11.0 Å². The van der Waals surface area contributed by atoms with Gasteiger partial charge in [0, 0.05) is 19.5 Å². The van der Waals surface area contributed by atoms with Crippen molar-refractivity contribution in [3.63, 3.8) is 0 Å². The minimum absolute atomic E-state index is 0.0817. The van der Waals surface area contributed by atoms with Crippen molar-refractivity contribution >= 4 is 5.91 Å². The number of likely N-dealkylation sites (tertiary alicyclic amines) is 1. The van der Waals surface area contributed by atoms with Gasteiger partial charge < -0.3 is 10.0 Å². The molecular weight excluding hydrogens is 342 g/mol. The van der Waals surface area contributed by atoms with Gasteiger partial charge in [-0.05, 0) is 31.4 Å². The van der Waals surface area contributed by atoms with E-state index in [1.54, 1.807) is 0 Å². The van der Waals surface area contributed by atoms with Gasteiger partial charge in [0.15, 0.2) is 0 Å². The number of amides is 1. The van der Waals surface area contributed by atoms with Crippen LogP contribution < -0.4 is 0 Å². The van der Waals surface area contributed by atoms with Crippen LogP contribution in [0.15, 0.2) is 60.7 Å². The molecule has 2 aliphatic rings. The van der Waals surface area contributed by atoms with E-state index < -0.39 is 16.8 Å². The van der Waals surface area contributed by atoms with Crippen LogP contribution in [0.5, 0.6) is 0 Å². The molecule has 2 fully saturated rings. The molecule has 2 aromatic rings. The fourth-order valence-corrected chi connectivity index (χ4v) is 4.35. The largest absolute Gasteiger partial charge is 0.363 e. The molecule has 0 saturated carbocycles. The molecule has 3 atom stereocenters. The first-order valence-electron chi connectivity index (χ1n) is 9.34. The summed E-state index contributed by atoms with van der Waals surface area (Å²) in [4.78, 5) is 26.3. The molecule has 5 heteroatoms. The molecule has 2 aromatic carbocycles. The first-order chi connectivity index (χ1) is 12.9. The summed E-state index contributed by atoms with van der Waals surface area (Å²) in [5, 5.41) is 11.0. The Bertz CT molecular complexity index is 823. The molecule has 1 N–H and O–H groups in total. The Morgan fingerprint density at radius 3 is 2.30 bits per heavy atom. The van der Waals surface area contributed by atoms with E-state index in [0.717, 1.165) is 11.1 Å². The summed E-state index contributed by atoms with van der Waals surface area (Å²) in [5.74, 6) is -1.76. The molecule has 2 heterocycles. The van der Waals surface area contributed by atoms with Gasteiger partial charge in [-0.1, -0.05) is 60.7 Å². The maximum Gasteiger partial charge on any atom is 0.234 e. The zero-order valence-electron chi connectivity index (χ0n) is 15.7. The molecule has 4 rings (SSSR count). The van der Waals surface area contributed by atoms with Crippen molar-refractivity contribution < 1.29 is 19.7 Å². The van der Waals surface area contributed by atoms with Crippen LogP contribution in [0.2, 0.25) is 0 Å². The zero-order valence-corrected chi connectivity index (χ0v) is 15.7. The molecule has 0 radical (unpaired) electrons. The summed E-state index contributed by atoms with van der Waals surface area (Å²) in [6.45, 7) is 4.55. The number of benzene rings is 2. The predicted octanol–water partition coefficient (Wildman–Crippen LogP) is 3.38. The van der Waals surface area contributed by atoms with E-state index in [-0.39, 0.29) is 5.91 Å².